The highest BCUT2D eigenvalue weighted by molar-refractivity contribution is 7.92. The van der Waals surface area contributed by atoms with Crippen LogP contribution in [0.15, 0.2) is 29.3 Å². The number of sulfonamides is 1. The minimum Gasteiger partial charge on any atom is -0.361 e. The molecule has 1 fully saturated rings. The molecule has 1 aliphatic rings. The molecule has 164 valence electrons. The van der Waals surface area contributed by atoms with Gasteiger partial charge in [0.2, 0.25) is 11.8 Å². The first kappa shape index (κ1) is 20.9. The van der Waals surface area contributed by atoms with Crippen molar-refractivity contribution in [3.63, 3.8) is 0 Å². The average molecular weight is 448 g/mol. The lowest BCUT2D eigenvalue weighted by Crippen LogP contribution is -2.31. The Hall–Kier alpha value is -3.35. The number of rotatable bonds is 6. The summed E-state index contributed by atoms with van der Waals surface area (Å²) in [5.41, 5.74) is 0.136. The second-order valence-corrected chi connectivity index (χ2v) is 9.01. The van der Waals surface area contributed by atoms with Crippen molar-refractivity contribution in [2.24, 2.45) is 0 Å². The SMILES string of the molecule is CN(C)c1nc(N2CCCCC2)ncc1NS(=O)(=O)c1ccc(F)c(-c2nn[nH]n2)c1. The number of aromatic amines is 1. The minimum atomic E-state index is -4.06. The van der Waals surface area contributed by atoms with Crippen molar-refractivity contribution in [1.29, 1.82) is 0 Å². The van der Waals surface area contributed by atoms with E-state index in [9.17, 15) is 12.8 Å². The lowest BCUT2D eigenvalue weighted by molar-refractivity contribution is 0.568. The Morgan fingerprint density at radius 1 is 1.19 bits per heavy atom. The first-order chi connectivity index (χ1) is 14.8. The number of benzene rings is 1. The van der Waals surface area contributed by atoms with E-state index in [1.54, 1.807) is 19.0 Å². The predicted octanol–water partition coefficient (Wildman–Crippen LogP) is 1.65. The molecule has 1 aliphatic heterocycles. The monoisotopic (exact) mass is 447 g/mol. The van der Waals surface area contributed by atoms with Crippen LogP contribution in [0.3, 0.4) is 0 Å². The molecule has 0 aliphatic carbocycles. The molecule has 3 heterocycles. The molecule has 3 aromatic rings. The fraction of sp³-hybridized carbons (Fsp3) is 0.389. The second-order valence-electron chi connectivity index (χ2n) is 7.33. The molecule has 1 aromatic carbocycles. The maximum atomic E-state index is 14.2. The van der Waals surface area contributed by atoms with Gasteiger partial charge in [0.15, 0.2) is 5.82 Å². The fourth-order valence-electron chi connectivity index (χ4n) is 3.35. The van der Waals surface area contributed by atoms with E-state index in [0.717, 1.165) is 38.1 Å². The van der Waals surface area contributed by atoms with Crippen molar-refractivity contribution in [3.8, 4) is 11.4 Å². The van der Waals surface area contributed by atoms with E-state index in [-0.39, 0.29) is 22.0 Å². The molecule has 0 atom stereocenters. The van der Waals surface area contributed by atoms with Gasteiger partial charge in [-0.3, -0.25) is 4.72 Å². The summed E-state index contributed by atoms with van der Waals surface area (Å²) in [4.78, 5) is 12.6. The molecule has 0 bridgehead atoms. The molecule has 31 heavy (non-hydrogen) atoms. The average Bonchev–Trinajstić information content (AvgIpc) is 3.29. The van der Waals surface area contributed by atoms with Gasteiger partial charge in [-0.05, 0) is 42.7 Å². The molecular formula is C18H22FN9O2S. The molecule has 0 radical (unpaired) electrons. The zero-order valence-corrected chi connectivity index (χ0v) is 17.9. The van der Waals surface area contributed by atoms with Crippen molar-refractivity contribution in [1.82, 2.24) is 30.6 Å². The molecule has 0 unspecified atom stereocenters. The van der Waals surface area contributed by atoms with Crippen molar-refractivity contribution >= 4 is 27.5 Å². The molecule has 11 nitrogen and oxygen atoms in total. The first-order valence-electron chi connectivity index (χ1n) is 9.70. The summed E-state index contributed by atoms with van der Waals surface area (Å²) in [6.07, 6.45) is 4.77. The Morgan fingerprint density at radius 3 is 2.65 bits per heavy atom. The van der Waals surface area contributed by atoms with Crippen LogP contribution in [0.25, 0.3) is 11.4 Å². The maximum Gasteiger partial charge on any atom is 0.262 e. The van der Waals surface area contributed by atoms with E-state index < -0.39 is 15.8 Å². The zero-order valence-electron chi connectivity index (χ0n) is 17.1. The van der Waals surface area contributed by atoms with Gasteiger partial charge in [-0.2, -0.15) is 10.2 Å². The highest BCUT2D eigenvalue weighted by Gasteiger charge is 2.23. The van der Waals surface area contributed by atoms with Gasteiger partial charge >= 0.3 is 0 Å². The van der Waals surface area contributed by atoms with Gasteiger partial charge in [0.25, 0.3) is 10.0 Å². The molecule has 1 saturated heterocycles. The quantitative estimate of drug-likeness (QED) is 0.578. The number of piperidine rings is 1. The lowest BCUT2D eigenvalue weighted by Gasteiger charge is -2.28. The summed E-state index contributed by atoms with van der Waals surface area (Å²) in [5.74, 6) is 0.286. The van der Waals surface area contributed by atoms with Gasteiger partial charge in [-0.25, -0.2) is 17.8 Å². The molecule has 0 saturated carbocycles. The topological polar surface area (TPSA) is 133 Å². The van der Waals surface area contributed by atoms with Crippen LogP contribution < -0.4 is 14.5 Å². The molecule has 2 aromatic heterocycles. The van der Waals surface area contributed by atoms with E-state index in [1.807, 2.05) is 0 Å². The third kappa shape index (κ3) is 4.40. The van der Waals surface area contributed by atoms with E-state index in [0.29, 0.717) is 11.8 Å². The number of aromatic nitrogens is 6. The van der Waals surface area contributed by atoms with Crippen LogP contribution >= 0.6 is 0 Å². The Labute approximate surface area is 178 Å². The number of nitrogens with one attached hydrogen (secondary N) is 2. The Bertz CT molecular complexity index is 1160. The summed E-state index contributed by atoms with van der Waals surface area (Å²) in [6, 6.07) is 3.36. The van der Waals surface area contributed by atoms with Crippen LogP contribution in [0.1, 0.15) is 19.3 Å². The first-order valence-corrected chi connectivity index (χ1v) is 11.2. The van der Waals surface area contributed by atoms with Crippen LogP contribution in [0.2, 0.25) is 0 Å². The molecule has 13 heteroatoms. The second kappa shape index (κ2) is 8.41. The smallest absolute Gasteiger partial charge is 0.262 e. The van der Waals surface area contributed by atoms with E-state index in [2.05, 4.69) is 40.2 Å². The largest absolute Gasteiger partial charge is 0.361 e. The Kier molecular flexibility index (Phi) is 5.67. The van der Waals surface area contributed by atoms with Gasteiger partial charge in [0, 0.05) is 27.2 Å². The molecule has 2 N–H and O–H groups in total. The number of hydrogen-bond acceptors (Lipinski definition) is 9. The van der Waals surface area contributed by atoms with Crippen molar-refractivity contribution in [2.45, 2.75) is 24.2 Å². The van der Waals surface area contributed by atoms with E-state index >= 15 is 0 Å². The zero-order chi connectivity index (χ0) is 22.0. The maximum absolute atomic E-state index is 14.2. The van der Waals surface area contributed by atoms with Gasteiger partial charge in [-0.1, -0.05) is 0 Å². The third-order valence-corrected chi connectivity index (χ3v) is 6.26. The van der Waals surface area contributed by atoms with Gasteiger partial charge in [0.1, 0.15) is 11.5 Å². The molecule has 0 amide bonds. The number of H-pyrrole nitrogens is 1. The summed E-state index contributed by atoms with van der Waals surface area (Å²) >= 11 is 0. The van der Waals surface area contributed by atoms with Crippen LogP contribution in [-0.2, 0) is 10.0 Å². The lowest BCUT2D eigenvalue weighted by atomic mass is 10.1. The molecule has 0 spiro atoms. The highest BCUT2D eigenvalue weighted by atomic mass is 32.2. The minimum absolute atomic E-state index is 0.0438. The summed E-state index contributed by atoms with van der Waals surface area (Å²) in [6.45, 7) is 1.73. The van der Waals surface area contributed by atoms with Crippen LogP contribution in [0.4, 0.5) is 21.8 Å². The number of halogens is 1. The van der Waals surface area contributed by atoms with E-state index in [1.165, 1.54) is 18.7 Å². The van der Waals surface area contributed by atoms with Crippen LogP contribution in [-0.4, -0.2) is 66.2 Å². The Morgan fingerprint density at radius 2 is 1.97 bits per heavy atom. The summed E-state index contributed by atoms with van der Waals surface area (Å²) < 4.78 is 42.7. The third-order valence-electron chi connectivity index (χ3n) is 4.90. The standard InChI is InChI=1S/C18H22FN9O2S/c1-27(2)17-15(11-20-18(21-17)28-8-4-3-5-9-28)24-31(29,30)12-6-7-14(19)13(10-12)16-22-25-26-23-16/h6-7,10-11,24H,3-5,8-9H2,1-2H3,(H,22,23,25,26). The van der Waals surface area contributed by atoms with Crippen LogP contribution in [0, 0.1) is 5.82 Å². The molecule has 4 rings (SSSR count). The normalized spacial score (nSPS) is 14.5. The van der Waals surface area contributed by atoms with E-state index in [4.69, 9.17) is 0 Å². The summed E-state index contributed by atoms with van der Waals surface area (Å²) in [7, 11) is -0.520. The van der Waals surface area contributed by atoms with Crippen molar-refractivity contribution in [2.75, 3.05) is 41.7 Å². The highest BCUT2D eigenvalue weighted by Crippen LogP contribution is 2.29. The van der Waals surface area contributed by atoms with Gasteiger partial charge < -0.3 is 9.80 Å². The van der Waals surface area contributed by atoms with Crippen molar-refractivity contribution < 1.29 is 12.8 Å². The Balaban J connectivity index is 1.66. The summed E-state index contributed by atoms with van der Waals surface area (Å²) in [5, 5.41) is 13.0. The molecular weight excluding hydrogens is 425 g/mol. The van der Waals surface area contributed by atoms with Gasteiger partial charge in [-0.15, -0.1) is 10.2 Å². The number of hydrogen-bond donors (Lipinski definition) is 2. The fourth-order valence-corrected chi connectivity index (χ4v) is 4.42. The van der Waals surface area contributed by atoms with Gasteiger partial charge in [0.05, 0.1) is 16.7 Å². The number of nitrogens with zero attached hydrogens (tertiary/aromatic N) is 7. The predicted molar refractivity (Wildman–Crippen MR) is 113 cm³/mol. The van der Waals surface area contributed by atoms with Crippen LogP contribution in [0.5, 0.6) is 0 Å². The van der Waals surface area contributed by atoms with Crippen molar-refractivity contribution in [3.05, 3.63) is 30.2 Å². The number of tetrazole rings is 1. The number of anilines is 3.